The molecule has 10 heavy (non-hydrogen) atoms. The molecule has 1 atom stereocenters. The van der Waals surface area contributed by atoms with Crippen molar-refractivity contribution >= 4 is 18.4 Å². The van der Waals surface area contributed by atoms with Gasteiger partial charge in [-0.05, 0) is 5.92 Å². The predicted molar refractivity (Wildman–Crippen MR) is 38.7 cm³/mol. The Bertz CT molecular complexity index is 96.9. The van der Waals surface area contributed by atoms with Gasteiger partial charge >= 0.3 is 0 Å². The minimum atomic E-state index is -1.18. The first-order valence-corrected chi connectivity index (χ1v) is 2.52. The van der Waals surface area contributed by atoms with E-state index in [0.29, 0.717) is 0 Å². The Morgan fingerprint density at radius 1 is 1.50 bits per heavy atom. The molecule has 0 heterocycles. The average molecular weight is 171 g/mol. The monoisotopic (exact) mass is 170 g/mol. The number of carbonyl (C=O) groups is 1. The summed E-state index contributed by atoms with van der Waals surface area (Å²) in [6, 6.07) is -0.824. The third-order valence-corrected chi connectivity index (χ3v) is 0.990. The highest BCUT2D eigenvalue weighted by Crippen LogP contribution is 1.94. The molecule has 0 fully saturated rings. The largest absolute Gasteiger partial charge is 0.548 e. The van der Waals surface area contributed by atoms with Crippen molar-refractivity contribution in [3.63, 3.8) is 0 Å². The van der Waals surface area contributed by atoms with Crippen LogP contribution in [-0.4, -0.2) is 17.5 Å². The molecule has 0 amide bonds. The molecule has 0 spiro atoms. The minimum Gasteiger partial charge on any atom is -0.548 e. The number of nitrogens with two attached hydrogens (primary N) is 1. The Morgan fingerprint density at radius 3 is 1.80 bits per heavy atom. The highest BCUT2D eigenvalue weighted by atomic mass is 35.5. The lowest BCUT2D eigenvalue weighted by Crippen LogP contribution is -2.45. The number of carbonyl (C=O) groups excluding carboxylic acids is 1. The van der Waals surface area contributed by atoms with Crippen LogP contribution in [0.2, 0.25) is 0 Å². The Balaban J connectivity index is -0.000000245. The van der Waals surface area contributed by atoms with Crippen LogP contribution < -0.4 is 10.8 Å². The van der Waals surface area contributed by atoms with Gasteiger partial charge in [-0.3, -0.25) is 0 Å². The highest BCUT2D eigenvalue weighted by Gasteiger charge is 2.06. The van der Waals surface area contributed by atoms with E-state index in [1.165, 1.54) is 0 Å². The van der Waals surface area contributed by atoms with Crippen LogP contribution in [0.3, 0.4) is 0 Å². The molecule has 0 saturated carbocycles. The minimum absolute atomic E-state index is 0. The van der Waals surface area contributed by atoms with Crippen LogP contribution in [0.25, 0.3) is 0 Å². The second-order valence-corrected chi connectivity index (χ2v) is 2.09. The molecule has 0 aliphatic rings. The third-order valence-electron chi connectivity index (χ3n) is 0.990. The summed E-state index contributed by atoms with van der Waals surface area (Å²) in [6.07, 6.45) is 0. The number of carboxylic acids is 1. The summed E-state index contributed by atoms with van der Waals surface area (Å²) < 4.78 is 0. The van der Waals surface area contributed by atoms with Crippen LogP contribution in [0.1, 0.15) is 13.8 Å². The molecule has 1 unspecified atom stereocenters. The van der Waals surface area contributed by atoms with Crippen LogP contribution in [0.15, 0.2) is 0 Å². The van der Waals surface area contributed by atoms with Crippen LogP contribution in [-0.2, 0) is 4.79 Å². The molecular formula is C5H13ClNO3-. The van der Waals surface area contributed by atoms with E-state index in [-0.39, 0.29) is 23.8 Å². The van der Waals surface area contributed by atoms with E-state index in [0.717, 1.165) is 0 Å². The summed E-state index contributed by atoms with van der Waals surface area (Å²) in [5.74, 6) is -1.22. The summed E-state index contributed by atoms with van der Waals surface area (Å²) in [4.78, 5) is 9.90. The molecular weight excluding hydrogens is 158 g/mol. The molecule has 0 aromatic heterocycles. The van der Waals surface area contributed by atoms with Crippen molar-refractivity contribution in [3.8, 4) is 0 Å². The molecule has 4 nitrogen and oxygen atoms in total. The second kappa shape index (κ2) is 6.80. The molecule has 0 aliphatic heterocycles. The Morgan fingerprint density at radius 2 is 1.80 bits per heavy atom. The van der Waals surface area contributed by atoms with E-state index in [1.807, 2.05) is 0 Å². The maximum absolute atomic E-state index is 9.90. The van der Waals surface area contributed by atoms with E-state index >= 15 is 0 Å². The molecule has 0 aromatic rings. The maximum Gasteiger partial charge on any atom is 0.0584 e. The number of hydrogen-bond acceptors (Lipinski definition) is 3. The summed E-state index contributed by atoms with van der Waals surface area (Å²) >= 11 is 0. The standard InChI is InChI=1S/C5H11NO2.ClH.H2O/c1-3(2)4(6)5(7)8;;/h3-4H,6H2,1-2H3,(H,7,8);1H;1H2/p-1. The first-order chi connectivity index (χ1) is 3.55. The quantitative estimate of drug-likeness (QED) is 0.536. The topological polar surface area (TPSA) is 97.7 Å². The normalized spacial score (nSPS) is 11.2. The fraction of sp³-hybridized carbons (Fsp3) is 0.800. The van der Waals surface area contributed by atoms with Gasteiger partial charge in [-0.2, -0.15) is 0 Å². The van der Waals surface area contributed by atoms with Crippen molar-refractivity contribution in [3.05, 3.63) is 0 Å². The molecule has 0 rings (SSSR count). The Kier molecular flexibility index (Phi) is 11.1. The molecule has 0 aromatic carbocycles. The summed E-state index contributed by atoms with van der Waals surface area (Å²) in [7, 11) is 0. The summed E-state index contributed by atoms with van der Waals surface area (Å²) in [5, 5.41) is 9.90. The van der Waals surface area contributed by atoms with Crippen molar-refractivity contribution in [2.75, 3.05) is 0 Å². The summed E-state index contributed by atoms with van der Waals surface area (Å²) in [5.41, 5.74) is 5.10. The van der Waals surface area contributed by atoms with Crippen molar-refractivity contribution in [2.45, 2.75) is 19.9 Å². The van der Waals surface area contributed by atoms with Crippen LogP contribution in [0.5, 0.6) is 0 Å². The summed E-state index contributed by atoms with van der Waals surface area (Å²) in [6.45, 7) is 3.47. The van der Waals surface area contributed by atoms with Crippen molar-refractivity contribution in [2.24, 2.45) is 11.7 Å². The van der Waals surface area contributed by atoms with Gasteiger partial charge in [-0.15, -0.1) is 12.4 Å². The Labute approximate surface area is 66.1 Å². The number of aliphatic carboxylic acids is 1. The van der Waals surface area contributed by atoms with E-state index in [1.54, 1.807) is 13.8 Å². The molecule has 0 saturated heterocycles. The first-order valence-electron chi connectivity index (χ1n) is 2.52. The Hall–Kier alpha value is -0.320. The zero-order valence-electron chi connectivity index (χ0n) is 5.96. The SMILES string of the molecule is CC(C)C(N)C(=O)[O-].Cl.O. The lowest BCUT2D eigenvalue weighted by atomic mass is 10.1. The maximum atomic E-state index is 9.90. The zero-order valence-corrected chi connectivity index (χ0v) is 6.77. The number of rotatable bonds is 2. The van der Waals surface area contributed by atoms with Gasteiger partial charge in [0.25, 0.3) is 0 Å². The van der Waals surface area contributed by atoms with Gasteiger partial charge in [-0.1, -0.05) is 13.8 Å². The van der Waals surface area contributed by atoms with Gasteiger partial charge in [0, 0.05) is 6.04 Å². The van der Waals surface area contributed by atoms with Crippen molar-refractivity contribution in [1.29, 1.82) is 0 Å². The van der Waals surface area contributed by atoms with Gasteiger partial charge in [0.2, 0.25) is 0 Å². The molecule has 0 bridgehead atoms. The van der Waals surface area contributed by atoms with Crippen molar-refractivity contribution < 1.29 is 15.4 Å². The van der Waals surface area contributed by atoms with Crippen LogP contribution in [0, 0.1) is 5.92 Å². The molecule has 5 heteroatoms. The lowest BCUT2D eigenvalue weighted by Gasteiger charge is -2.15. The third kappa shape index (κ3) is 5.81. The second-order valence-electron chi connectivity index (χ2n) is 2.09. The smallest absolute Gasteiger partial charge is 0.0584 e. The van der Waals surface area contributed by atoms with Gasteiger partial charge in [0.1, 0.15) is 0 Å². The van der Waals surface area contributed by atoms with E-state index < -0.39 is 12.0 Å². The van der Waals surface area contributed by atoms with E-state index in [4.69, 9.17) is 5.73 Å². The number of carboxylic acid groups (broad SMARTS) is 1. The van der Waals surface area contributed by atoms with Gasteiger partial charge in [0.15, 0.2) is 0 Å². The average Bonchev–Trinajstić information content (AvgIpc) is 1.64. The molecule has 0 aliphatic carbocycles. The molecule has 0 radical (unpaired) electrons. The van der Waals surface area contributed by atoms with Gasteiger partial charge in [-0.25, -0.2) is 0 Å². The van der Waals surface area contributed by atoms with E-state index in [9.17, 15) is 9.90 Å². The fourth-order valence-corrected chi connectivity index (χ4v) is 0.272. The lowest BCUT2D eigenvalue weighted by molar-refractivity contribution is -0.308. The van der Waals surface area contributed by atoms with Gasteiger partial charge in [0.05, 0.1) is 5.97 Å². The molecule has 4 N–H and O–H groups in total. The van der Waals surface area contributed by atoms with Crippen LogP contribution in [0.4, 0.5) is 0 Å². The van der Waals surface area contributed by atoms with Crippen molar-refractivity contribution in [1.82, 2.24) is 0 Å². The highest BCUT2D eigenvalue weighted by molar-refractivity contribution is 5.85. The zero-order chi connectivity index (χ0) is 6.73. The number of hydrogen-bond donors (Lipinski definition) is 1. The van der Waals surface area contributed by atoms with E-state index in [2.05, 4.69) is 0 Å². The number of halogens is 1. The fourth-order valence-electron chi connectivity index (χ4n) is 0.272. The van der Waals surface area contributed by atoms with Gasteiger partial charge < -0.3 is 21.1 Å². The molecule has 64 valence electrons. The predicted octanol–water partition coefficient (Wildman–Crippen LogP) is -1.68. The first kappa shape index (κ1) is 16.3. The van der Waals surface area contributed by atoms with Crippen LogP contribution >= 0.6 is 12.4 Å².